The van der Waals surface area contributed by atoms with Gasteiger partial charge in [0.25, 0.3) is 0 Å². The van der Waals surface area contributed by atoms with Crippen LogP contribution in [0.5, 0.6) is 0 Å². The van der Waals surface area contributed by atoms with Gasteiger partial charge >= 0.3 is 0 Å². The van der Waals surface area contributed by atoms with Crippen LogP contribution in [-0.4, -0.2) is 48.9 Å². The van der Waals surface area contributed by atoms with Crippen molar-refractivity contribution in [1.29, 1.82) is 0 Å². The molecule has 2 aliphatic rings. The molecule has 2 heterocycles. The zero-order valence-electron chi connectivity index (χ0n) is 10.4. The lowest BCUT2D eigenvalue weighted by molar-refractivity contribution is -0.127. The van der Waals surface area contributed by atoms with Crippen molar-refractivity contribution in [2.75, 3.05) is 26.2 Å². The quantitative estimate of drug-likeness (QED) is 0.712. The van der Waals surface area contributed by atoms with E-state index in [-0.39, 0.29) is 17.7 Å². The van der Waals surface area contributed by atoms with E-state index in [0.717, 1.165) is 32.5 Å². The highest BCUT2D eigenvalue weighted by atomic mass is 16.2. The Labute approximate surface area is 102 Å². The van der Waals surface area contributed by atoms with Crippen LogP contribution in [0.1, 0.15) is 26.2 Å². The van der Waals surface area contributed by atoms with Crippen LogP contribution in [0, 0.1) is 5.92 Å². The van der Waals surface area contributed by atoms with Crippen LogP contribution in [0.25, 0.3) is 0 Å². The number of nitrogens with zero attached hydrogens (tertiary/aromatic N) is 1. The van der Waals surface area contributed by atoms with Crippen LogP contribution in [0.4, 0.5) is 0 Å². The second-order valence-corrected chi connectivity index (χ2v) is 4.92. The van der Waals surface area contributed by atoms with E-state index in [4.69, 9.17) is 0 Å². The van der Waals surface area contributed by atoms with Crippen LogP contribution in [0.3, 0.4) is 0 Å². The number of hydrogen-bond acceptors (Lipinski definition) is 3. The maximum Gasteiger partial charge on any atom is 0.225 e. The average molecular weight is 239 g/mol. The van der Waals surface area contributed by atoms with Gasteiger partial charge in [-0.15, -0.1) is 0 Å². The fourth-order valence-electron chi connectivity index (χ4n) is 2.50. The summed E-state index contributed by atoms with van der Waals surface area (Å²) in [5, 5.41) is 5.76. The third kappa shape index (κ3) is 3.19. The first-order valence-corrected chi connectivity index (χ1v) is 6.48. The maximum atomic E-state index is 11.9. The monoisotopic (exact) mass is 239 g/mol. The second-order valence-electron chi connectivity index (χ2n) is 4.92. The van der Waals surface area contributed by atoms with E-state index in [9.17, 15) is 9.59 Å². The Kier molecular flexibility index (Phi) is 3.99. The molecular weight excluding hydrogens is 218 g/mol. The first-order valence-electron chi connectivity index (χ1n) is 6.48. The summed E-state index contributed by atoms with van der Waals surface area (Å²) < 4.78 is 0. The minimum Gasteiger partial charge on any atom is -0.355 e. The number of rotatable bonds is 3. The van der Waals surface area contributed by atoms with E-state index in [0.29, 0.717) is 19.0 Å². The first-order chi connectivity index (χ1) is 8.19. The number of amides is 2. The molecule has 5 nitrogen and oxygen atoms in total. The van der Waals surface area contributed by atoms with Crippen LogP contribution in [0.15, 0.2) is 0 Å². The van der Waals surface area contributed by atoms with E-state index in [1.807, 2.05) is 0 Å². The van der Waals surface area contributed by atoms with Crippen molar-refractivity contribution in [3.8, 4) is 0 Å². The third-order valence-electron chi connectivity index (χ3n) is 3.73. The normalized spacial score (nSPS) is 26.9. The highest BCUT2D eigenvalue weighted by Crippen LogP contribution is 2.13. The molecular formula is C12H21N3O2. The van der Waals surface area contributed by atoms with Gasteiger partial charge in [0.1, 0.15) is 0 Å². The van der Waals surface area contributed by atoms with Crippen molar-refractivity contribution in [1.82, 2.24) is 15.5 Å². The molecule has 0 aromatic rings. The Balaban J connectivity index is 1.74. The minimum atomic E-state index is -0.160. The topological polar surface area (TPSA) is 61.4 Å². The van der Waals surface area contributed by atoms with Crippen molar-refractivity contribution in [3.05, 3.63) is 0 Å². The highest BCUT2D eigenvalue weighted by Gasteiger charge is 2.29. The molecule has 96 valence electrons. The lowest BCUT2D eigenvalue weighted by Crippen LogP contribution is -2.46. The van der Waals surface area contributed by atoms with Crippen molar-refractivity contribution in [2.45, 2.75) is 32.2 Å². The van der Waals surface area contributed by atoms with Crippen LogP contribution >= 0.6 is 0 Å². The predicted molar refractivity (Wildman–Crippen MR) is 64.4 cm³/mol. The predicted octanol–water partition coefficient (Wildman–Crippen LogP) is -0.277. The van der Waals surface area contributed by atoms with Gasteiger partial charge in [-0.1, -0.05) is 6.92 Å². The van der Waals surface area contributed by atoms with Crippen LogP contribution < -0.4 is 10.6 Å². The van der Waals surface area contributed by atoms with Crippen molar-refractivity contribution >= 4 is 11.8 Å². The molecule has 2 saturated heterocycles. The van der Waals surface area contributed by atoms with Gasteiger partial charge in [0, 0.05) is 32.1 Å². The summed E-state index contributed by atoms with van der Waals surface area (Å²) in [7, 11) is 0. The molecule has 0 aliphatic carbocycles. The highest BCUT2D eigenvalue weighted by molar-refractivity contribution is 5.89. The Hall–Kier alpha value is -1.10. The minimum absolute atomic E-state index is 0.00838. The van der Waals surface area contributed by atoms with Gasteiger partial charge in [0.2, 0.25) is 11.8 Å². The molecule has 1 atom stereocenters. The van der Waals surface area contributed by atoms with E-state index in [2.05, 4.69) is 22.5 Å². The van der Waals surface area contributed by atoms with Gasteiger partial charge in [-0.25, -0.2) is 0 Å². The summed E-state index contributed by atoms with van der Waals surface area (Å²) >= 11 is 0. The Bertz CT molecular complexity index is 298. The van der Waals surface area contributed by atoms with Crippen molar-refractivity contribution in [2.24, 2.45) is 5.92 Å². The Morgan fingerprint density at radius 3 is 2.71 bits per heavy atom. The average Bonchev–Trinajstić information content (AvgIpc) is 2.77. The van der Waals surface area contributed by atoms with E-state index < -0.39 is 0 Å². The zero-order valence-corrected chi connectivity index (χ0v) is 10.4. The lowest BCUT2D eigenvalue weighted by Gasteiger charge is -2.31. The van der Waals surface area contributed by atoms with Gasteiger partial charge in [-0.3, -0.25) is 9.59 Å². The fourth-order valence-corrected chi connectivity index (χ4v) is 2.50. The Morgan fingerprint density at radius 2 is 2.18 bits per heavy atom. The van der Waals surface area contributed by atoms with Crippen LogP contribution in [-0.2, 0) is 9.59 Å². The summed E-state index contributed by atoms with van der Waals surface area (Å²) in [5.41, 5.74) is 0. The molecule has 2 amide bonds. The van der Waals surface area contributed by atoms with Gasteiger partial charge in [-0.05, 0) is 19.4 Å². The van der Waals surface area contributed by atoms with E-state index in [1.165, 1.54) is 0 Å². The SMILES string of the molecule is CCN1CCC(NC(=O)C2CNC(=O)C2)CC1. The molecule has 2 N–H and O–H groups in total. The van der Waals surface area contributed by atoms with E-state index >= 15 is 0 Å². The molecule has 5 heteroatoms. The number of piperidine rings is 1. The third-order valence-corrected chi connectivity index (χ3v) is 3.73. The van der Waals surface area contributed by atoms with Crippen molar-refractivity contribution in [3.63, 3.8) is 0 Å². The Morgan fingerprint density at radius 1 is 1.47 bits per heavy atom. The number of nitrogens with one attached hydrogen (secondary N) is 2. The summed E-state index contributed by atoms with van der Waals surface area (Å²) in [5.74, 6) is -0.129. The number of likely N-dealkylation sites (tertiary alicyclic amines) is 1. The molecule has 0 radical (unpaired) electrons. The second kappa shape index (κ2) is 5.49. The number of carbonyl (C=O) groups is 2. The molecule has 0 saturated carbocycles. The molecule has 2 rings (SSSR count). The maximum absolute atomic E-state index is 11.9. The molecule has 17 heavy (non-hydrogen) atoms. The molecule has 2 aliphatic heterocycles. The standard InChI is InChI=1S/C12H21N3O2/c1-2-15-5-3-10(4-6-15)14-12(17)9-7-11(16)13-8-9/h9-10H,2-8H2,1H3,(H,13,16)(H,14,17). The fraction of sp³-hybridized carbons (Fsp3) is 0.833. The summed E-state index contributed by atoms with van der Waals surface area (Å²) in [4.78, 5) is 25.3. The largest absolute Gasteiger partial charge is 0.355 e. The van der Waals surface area contributed by atoms with E-state index in [1.54, 1.807) is 0 Å². The first kappa shape index (κ1) is 12.4. The molecule has 0 bridgehead atoms. The number of carbonyl (C=O) groups excluding carboxylic acids is 2. The van der Waals surface area contributed by atoms with Crippen LogP contribution in [0.2, 0.25) is 0 Å². The smallest absolute Gasteiger partial charge is 0.225 e. The summed E-state index contributed by atoms with van der Waals surface area (Å²) in [6.07, 6.45) is 2.39. The molecule has 0 aromatic heterocycles. The lowest BCUT2D eigenvalue weighted by atomic mass is 10.0. The van der Waals surface area contributed by atoms with Gasteiger partial charge in [-0.2, -0.15) is 0 Å². The molecule has 0 aromatic carbocycles. The molecule has 2 fully saturated rings. The van der Waals surface area contributed by atoms with Gasteiger partial charge in [0.05, 0.1) is 5.92 Å². The molecule has 0 spiro atoms. The van der Waals surface area contributed by atoms with Gasteiger partial charge < -0.3 is 15.5 Å². The summed E-state index contributed by atoms with van der Waals surface area (Å²) in [6, 6.07) is 0.293. The van der Waals surface area contributed by atoms with Gasteiger partial charge in [0.15, 0.2) is 0 Å². The zero-order chi connectivity index (χ0) is 12.3. The number of hydrogen-bond donors (Lipinski definition) is 2. The van der Waals surface area contributed by atoms with Crippen molar-refractivity contribution < 1.29 is 9.59 Å². The summed E-state index contributed by atoms with van der Waals surface area (Å²) in [6.45, 7) is 5.86. The molecule has 1 unspecified atom stereocenters.